The lowest BCUT2D eigenvalue weighted by molar-refractivity contribution is -0.116. The number of ether oxygens (including phenoxy) is 1. The molecule has 0 fully saturated rings. The molecule has 0 aliphatic rings. The summed E-state index contributed by atoms with van der Waals surface area (Å²) in [5, 5.41) is 4.89. The molecule has 0 atom stereocenters. The van der Waals surface area contributed by atoms with Crippen LogP contribution in [0.3, 0.4) is 0 Å². The highest BCUT2D eigenvalue weighted by Crippen LogP contribution is 2.24. The van der Waals surface area contributed by atoms with Gasteiger partial charge in [0.1, 0.15) is 12.4 Å². The Morgan fingerprint density at radius 2 is 1.63 bits per heavy atom. The molecule has 1 amide bonds. The van der Waals surface area contributed by atoms with Gasteiger partial charge in [0.25, 0.3) is 0 Å². The van der Waals surface area contributed by atoms with Gasteiger partial charge in [-0.05, 0) is 53.6 Å². The Balaban J connectivity index is 1.49. The van der Waals surface area contributed by atoms with Crippen molar-refractivity contribution < 1.29 is 9.53 Å². The van der Waals surface area contributed by atoms with E-state index in [-0.39, 0.29) is 5.91 Å². The van der Waals surface area contributed by atoms with E-state index >= 15 is 0 Å². The summed E-state index contributed by atoms with van der Waals surface area (Å²) >= 11 is 23.9. The number of carbonyl (C=O) groups is 1. The van der Waals surface area contributed by atoms with E-state index < -0.39 is 0 Å². The zero-order chi connectivity index (χ0) is 21.5. The monoisotopic (exact) mass is 479 g/mol. The van der Waals surface area contributed by atoms with Crippen molar-refractivity contribution in [2.24, 2.45) is 0 Å². The third kappa shape index (κ3) is 6.68. The lowest BCUT2D eigenvalue weighted by atomic mass is 10.2. The van der Waals surface area contributed by atoms with Gasteiger partial charge >= 0.3 is 0 Å². The Labute approximate surface area is 195 Å². The Bertz CT molecular complexity index is 1070. The van der Waals surface area contributed by atoms with Crippen molar-refractivity contribution in [3.63, 3.8) is 0 Å². The van der Waals surface area contributed by atoms with Crippen LogP contribution in [0.15, 0.2) is 66.7 Å². The summed E-state index contributed by atoms with van der Waals surface area (Å²) in [5.74, 6) is 0.487. The fourth-order valence-electron chi connectivity index (χ4n) is 2.54. The molecule has 30 heavy (non-hydrogen) atoms. The van der Waals surface area contributed by atoms with Crippen LogP contribution < -0.4 is 10.1 Å². The second-order valence-corrected chi connectivity index (χ2v) is 8.05. The quantitative estimate of drug-likeness (QED) is 0.363. The Kier molecular flexibility index (Phi) is 8.06. The normalized spacial score (nSPS) is 10.9. The van der Waals surface area contributed by atoms with Crippen molar-refractivity contribution >= 4 is 58.4 Å². The average Bonchev–Trinajstić information content (AvgIpc) is 2.73. The van der Waals surface area contributed by atoms with Gasteiger partial charge < -0.3 is 10.1 Å². The van der Waals surface area contributed by atoms with Crippen molar-refractivity contribution in [2.45, 2.75) is 13.2 Å². The Morgan fingerprint density at radius 1 is 0.867 bits per heavy atom. The first kappa shape index (κ1) is 22.5. The van der Waals surface area contributed by atoms with Crippen LogP contribution in [0.25, 0.3) is 6.08 Å². The highest BCUT2D eigenvalue weighted by atomic mass is 35.5. The summed E-state index contributed by atoms with van der Waals surface area (Å²) in [6, 6.07) is 17.9. The molecule has 3 aromatic carbocycles. The van der Waals surface area contributed by atoms with E-state index in [9.17, 15) is 4.79 Å². The van der Waals surface area contributed by atoms with Gasteiger partial charge in [0.05, 0.1) is 10.0 Å². The Morgan fingerprint density at radius 3 is 2.33 bits per heavy atom. The summed E-state index contributed by atoms with van der Waals surface area (Å²) in [6.07, 6.45) is 3.20. The molecule has 0 aliphatic heterocycles. The summed E-state index contributed by atoms with van der Waals surface area (Å²) in [4.78, 5) is 12.0. The number of rotatable bonds is 7. The molecule has 0 unspecified atom stereocenters. The van der Waals surface area contributed by atoms with Crippen molar-refractivity contribution in [3.05, 3.63) is 104 Å². The molecule has 0 radical (unpaired) electrons. The minimum atomic E-state index is -0.209. The summed E-state index contributed by atoms with van der Waals surface area (Å²) in [6.45, 7) is 0.697. The Hall–Kier alpha value is -2.17. The maximum atomic E-state index is 12.0. The van der Waals surface area contributed by atoms with Crippen molar-refractivity contribution in [2.75, 3.05) is 0 Å². The summed E-state index contributed by atoms with van der Waals surface area (Å²) in [5.41, 5.74) is 2.59. The van der Waals surface area contributed by atoms with Gasteiger partial charge in [-0.25, -0.2) is 0 Å². The molecule has 1 N–H and O–H groups in total. The van der Waals surface area contributed by atoms with Gasteiger partial charge in [0.15, 0.2) is 0 Å². The number of benzene rings is 3. The molecule has 154 valence electrons. The van der Waals surface area contributed by atoms with Crippen LogP contribution in [-0.2, 0) is 17.9 Å². The smallest absolute Gasteiger partial charge is 0.244 e. The molecule has 0 saturated carbocycles. The molecular formula is C23H17Cl4NO2. The second kappa shape index (κ2) is 10.7. The summed E-state index contributed by atoms with van der Waals surface area (Å²) in [7, 11) is 0. The molecule has 0 bridgehead atoms. The molecule has 0 aliphatic carbocycles. The molecule has 7 heteroatoms. The topological polar surface area (TPSA) is 38.3 Å². The number of carbonyl (C=O) groups excluding carboxylic acids is 1. The number of amides is 1. The van der Waals surface area contributed by atoms with E-state index in [2.05, 4.69) is 5.32 Å². The van der Waals surface area contributed by atoms with Crippen molar-refractivity contribution in [3.8, 4) is 5.75 Å². The maximum Gasteiger partial charge on any atom is 0.244 e. The zero-order valence-electron chi connectivity index (χ0n) is 15.7. The van der Waals surface area contributed by atoms with Gasteiger partial charge in [0.2, 0.25) is 5.91 Å². The zero-order valence-corrected chi connectivity index (χ0v) is 18.7. The van der Waals surface area contributed by atoms with Crippen LogP contribution >= 0.6 is 46.4 Å². The molecule has 0 spiro atoms. The maximum absolute atomic E-state index is 12.0. The number of nitrogens with one attached hydrogen (secondary N) is 1. The molecule has 3 rings (SSSR count). The predicted octanol–water partition coefficient (Wildman–Crippen LogP) is 7.21. The minimum absolute atomic E-state index is 0.209. The number of hydrogen-bond donors (Lipinski definition) is 1. The van der Waals surface area contributed by atoms with Crippen LogP contribution in [0.2, 0.25) is 20.1 Å². The molecule has 3 nitrogen and oxygen atoms in total. The average molecular weight is 481 g/mol. The van der Waals surface area contributed by atoms with Crippen LogP contribution in [-0.4, -0.2) is 5.91 Å². The first-order chi connectivity index (χ1) is 14.4. The van der Waals surface area contributed by atoms with E-state index in [1.165, 1.54) is 6.08 Å². The van der Waals surface area contributed by atoms with Crippen molar-refractivity contribution in [1.82, 2.24) is 5.32 Å². The first-order valence-corrected chi connectivity index (χ1v) is 10.5. The number of halogens is 4. The first-order valence-electron chi connectivity index (χ1n) is 8.97. The second-order valence-electron chi connectivity index (χ2n) is 6.39. The molecule has 0 saturated heterocycles. The molecule has 0 aromatic heterocycles. The fraction of sp³-hybridized carbons (Fsp3) is 0.0870. The highest BCUT2D eigenvalue weighted by Gasteiger charge is 2.03. The van der Waals surface area contributed by atoms with Gasteiger partial charge in [-0.1, -0.05) is 70.7 Å². The predicted molar refractivity (Wildman–Crippen MR) is 125 cm³/mol. The van der Waals surface area contributed by atoms with Crippen LogP contribution in [0.4, 0.5) is 0 Å². The fourth-order valence-corrected chi connectivity index (χ4v) is 3.33. The SMILES string of the molecule is O=C(/C=C/c1ccc(OCc2ccc(Cl)cc2Cl)cc1)NCc1ccc(Cl)c(Cl)c1. The lowest BCUT2D eigenvalue weighted by Gasteiger charge is -2.08. The lowest BCUT2D eigenvalue weighted by Crippen LogP contribution is -2.20. The third-order valence-electron chi connectivity index (χ3n) is 4.17. The van der Waals surface area contributed by atoms with Gasteiger partial charge in [-0.2, -0.15) is 0 Å². The van der Waals surface area contributed by atoms with E-state index in [0.717, 1.165) is 16.7 Å². The standard InChI is InChI=1S/C23H17Cl4NO2/c24-18-6-5-17(21(26)12-18)14-30-19-7-1-15(2-8-19)4-10-23(29)28-13-16-3-9-20(25)22(27)11-16/h1-12H,13-14H2,(H,28,29)/b10-4+. The molecule has 0 heterocycles. The third-order valence-corrected chi connectivity index (χ3v) is 5.49. The van der Waals surface area contributed by atoms with Crippen molar-refractivity contribution in [1.29, 1.82) is 0 Å². The van der Waals surface area contributed by atoms with Crippen LogP contribution in [0.1, 0.15) is 16.7 Å². The summed E-state index contributed by atoms with van der Waals surface area (Å²) < 4.78 is 5.75. The molecule has 3 aromatic rings. The van der Waals surface area contributed by atoms with E-state index in [0.29, 0.717) is 39.0 Å². The van der Waals surface area contributed by atoms with Gasteiger partial charge in [-0.3, -0.25) is 4.79 Å². The van der Waals surface area contributed by atoms with E-state index in [1.807, 2.05) is 36.4 Å². The largest absolute Gasteiger partial charge is 0.489 e. The van der Waals surface area contributed by atoms with Gasteiger partial charge in [0, 0.05) is 28.2 Å². The van der Waals surface area contributed by atoms with Crippen LogP contribution in [0.5, 0.6) is 5.75 Å². The minimum Gasteiger partial charge on any atom is -0.489 e. The van der Waals surface area contributed by atoms with Gasteiger partial charge in [-0.15, -0.1) is 0 Å². The van der Waals surface area contributed by atoms with E-state index in [4.69, 9.17) is 51.1 Å². The highest BCUT2D eigenvalue weighted by molar-refractivity contribution is 6.42. The number of hydrogen-bond acceptors (Lipinski definition) is 2. The van der Waals surface area contributed by atoms with E-state index in [1.54, 1.807) is 30.3 Å². The molecular weight excluding hydrogens is 464 g/mol. The van der Waals surface area contributed by atoms with Crippen LogP contribution in [0, 0.1) is 0 Å².